The van der Waals surface area contributed by atoms with Crippen LogP contribution in [0.2, 0.25) is 0 Å². The number of fused-ring (bicyclic) bond motifs is 6. The molecule has 2 aliphatic carbocycles. The first kappa shape index (κ1) is 18.4. The summed E-state index contributed by atoms with van der Waals surface area (Å²) in [6.07, 6.45) is 0. The van der Waals surface area contributed by atoms with Crippen molar-refractivity contribution in [1.29, 1.82) is 0 Å². The standard InChI is InChI=1S/C26H16N2O4/c29-27(30)25(21-13-5-1-9-17(21)18-10-2-6-14-22(18)25)26(28(31)32)23-15-7-3-11-19(23)20-12-4-8-16-24(20)26/h1-16H. The summed E-state index contributed by atoms with van der Waals surface area (Å²) in [5, 5.41) is 26.5. The van der Waals surface area contributed by atoms with Gasteiger partial charge in [0, 0.05) is 32.1 Å². The van der Waals surface area contributed by atoms with Crippen LogP contribution in [-0.2, 0) is 11.1 Å². The van der Waals surface area contributed by atoms with Crippen LogP contribution in [0.25, 0.3) is 22.3 Å². The van der Waals surface area contributed by atoms with Gasteiger partial charge in [0.25, 0.3) is 0 Å². The quantitative estimate of drug-likeness (QED) is 0.329. The minimum Gasteiger partial charge on any atom is -0.263 e. The molecule has 0 spiro atoms. The highest BCUT2D eigenvalue weighted by atomic mass is 16.7. The van der Waals surface area contributed by atoms with Crippen LogP contribution < -0.4 is 0 Å². The van der Waals surface area contributed by atoms with Gasteiger partial charge in [-0.3, -0.25) is 20.2 Å². The molecule has 6 heteroatoms. The smallest absolute Gasteiger partial charge is 0.263 e. The van der Waals surface area contributed by atoms with Gasteiger partial charge in [-0.05, 0) is 22.3 Å². The van der Waals surface area contributed by atoms with Crippen LogP contribution in [0, 0.1) is 20.2 Å². The summed E-state index contributed by atoms with van der Waals surface area (Å²) in [5.41, 5.74) is -0.275. The molecule has 6 rings (SSSR count). The van der Waals surface area contributed by atoms with E-state index in [0.29, 0.717) is 44.5 Å². The van der Waals surface area contributed by atoms with E-state index in [1.165, 1.54) is 0 Å². The minimum absolute atomic E-state index is 0.342. The van der Waals surface area contributed by atoms with Gasteiger partial charge in [-0.2, -0.15) is 0 Å². The molecule has 0 radical (unpaired) electrons. The first-order valence-electron chi connectivity index (χ1n) is 10.2. The lowest BCUT2D eigenvalue weighted by molar-refractivity contribution is -0.682. The zero-order valence-electron chi connectivity index (χ0n) is 16.8. The molecule has 4 aromatic rings. The minimum atomic E-state index is -2.13. The van der Waals surface area contributed by atoms with Crippen molar-refractivity contribution in [3.05, 3.63) is 140 Å². The van der Waals surface area contributed by atoms with E-state index in [-0.39, 0.29) is 0 Å². The summed E-state index contributed by atoms with van der Waals surface area (Å²) in [6.45, 7) is 0. The summed E-state index contributed by atoms with van der Waals surface area (Å²) < 4.78 is 0. The fourth-order valence-electron chi connectivity index (χ4n) is 5.86. The zero-order chi connectivity index (χ0) is 22.1. The lowest BCUT2D eigenvalue weighted by atomic mass is 9.66. The van der Waals surface area contributed by atoms with Gasteiger partial charge >= 0.3 is 11.1 Å². The molecule has 2 aliphatic rings. The van der Waals surface area contributed by atoms with Crippen molar-refractivity contribution >= 4 is 0 Å². The lowest BCUT2D eigenvalue weighted by Gasteiger charge is -2.34. The van der Waals surface area contributed by atoms with Crippen LogP contribution in [0.3, 0.4) is 0 Å². The SMILES string of the molecule is O=[N+]([O-])C1(C2([N+](=O)[O-])c3ccccc3-c3ccccc32)c2ccccc2-c2ccccc21. The number of nitrogens with zero attached hydrogens (tertiary/aromatic N) is 2. The normalized spacial score (nSPS) is 15.9. The van der Waals surface area contributed by atoms with Crippen molar-refractivity contribution in [2.24, 2.45) is 0 Å². The Morgan fingerprint density at radius 2 is 0.656 bits per heavy atom. The molecule has 0 N–H and O–H groups in total. The predicted molar refractivity (Wildman–Crippen MR) is 119 cm³/mol. The van der Waals surface area contributed by atoms with Gasteiger partial charge in [0.15, 0.2) is 0 Å². The van der Waals surface area contributed by atoms with Gasteiger partial charge in [-0.25, -0.2) is 0 Å². The number of benzene rings is 4. The molecule has 0 bridgehead atoms. The highest BCUT2D eigenvalue weighted by molar-refractivity contribution is 5.87. The second-order valence-electron chi connectivity index (χ2n) is 8.12. The van der Waals surface area contributed by atoms with E-state index in [2.05, 4.69) is 0 Å². The first-order valence-corrected chi connectivity index (χ1v) is 10.2. The van der Waals surface area contributed by atoms with Gasteiger partial charge in [-0.1, -0.05) is 97.1 Å². The van der Waals surface area contributed by atoms with Gasteiger partial charge < -0.3 is 0 Å². The van der Waals surface area contributed by atoms with E-state index >= 15 is 0 Å². The summed E-state index contributed by atoms with van der Waals surface area (Å²) in [4.78, 5) is 25.6. The molecule has 0 saturated carbocycles. The van der Waals surface area contributed by atoms with E-state index < -0.39 is 20.9 Å². The van der Waals surface area contributed by atoms with Crippen molar-refractivity contribution in [2.75, 3.05) is 0 Å². The third-order valence-electron chi connectivity index (χ3n) is 6.92. The van der Waals surface area contributed by atoms with Crippen molar-refractivity contribution < 1.29 is 9.85 Å². The fraction of sp³-hybridized carbons (Fsp3) is 0.0769. The zero-order valence-corrected chi connectivity index (χ0v) is 16.8. The molecule has 0 saturated heterocycles. The van der Waals surface area contributed by atoms with Gasteiger partial charge in [0.2, 0.25) is 0 Å². The molecule has 0 amide bonds. The average Bonchev–Trinajstić information content (AvgIpc) is 3.29. The molecule has 0 unspecified atom stereocenters. The third kappa shape index (κ3) is 1.82. The second-order valence-corrected chi connectivity index (χ2v) is 8.12. The molecular formula is C26H16N2O4. The predicted octanol–water partition coefficient (Wildman–Crippen LogP) is 5.39. The van der Waals surface area contributed by atoms with Crippen LogP contribution in [0.15, 0.2) is 97.1 Å². The first-order chi connectivity index (χ1) is 15.6. The monoisotopic (exact) mass is 420 g/mol. The number of nitro groups is 2. The van der Waals surface area contributed by atoms with Gasteiger partial charge in [0.05, 0.1) is 0 Å². The van der Waals surface area contributed by atoms with E-state index in [9.17, 15) is 20.2 Å². The second kappa shape index (κ2) is 6.11. The maximum absolute atomic E-state index is 13.3. The summed E-state index contributed by atoms with van der Waals surface area (Å²) >= 11 is 0. The molecule has 6 nitrogen and oxygen atoms in total. The molecule has 154 valence electrons. The Kier molecular flexibility index (Phi) is 3.52. The highest BCUT2D eigenvalue weighted by Gasteiger charge is 2.79. The van der Waals surface area contributed by atoms with Crippen molar-refractivity contribution in [3.63, 3.8) is 0 Å². The van der Waals surface area contributed by atoms with E-state index in [1.807, 2.05) is 0 Å². The van der Waals surface area contributed by atoms with Gasteiger partial charge in [-0.15, -0.1) is 0 Å². The molecular weight excluding hydrogens is 404 g/mol. The summed E-state index contributed by atoms with van der Waals surface area (Å²) in [6, 6.07) is 27.9. The molecule has 0 heterocycles. The van der Waals surface area contributed by atoms with E-state index in [4.69, 9.17) is 0 Å². The Labute approximate surface area is 183 Å². The summed E-state index contributed by atoms with van der Waals surface area (Å²) in [5.74, 6) is 0. The van der Waals surface area contributed by atoms with E-state index in [1.54, 1.807) is 97.1 Å². The Morgan fingerprint density at radius 3 is 0.875 bits per heavy atom. The van der Waals surface area contributed by atoms with Crippen LogP contribution >= 0.6 is 0 Å². The Bertz CT molecular complexity index is 1260. The largest absolute Gasteiger partial charge is 0.350 e. The van der Waals surface area contributed by atoms with E-state index in [0.717, 1.165) is 0 Å². The Hall–Kier alpha value is -4.32. The maximum Gasteiger partial charge on any atom is 0.350 e. The van der Waals surface area contributed by atoms with Crippen LogP contribution in [0.5, 0.6) is 0 Å². The van der Waals surface area contributed by atoms with Gasteiger partial charge in [0.1, 0.15) is 0 Å². The van der Waals surface area contributed by atoms with Crippen LogP contribution in [0.4, 0.5) is 0 Å². The lowest BCUT2D eigenvalue weighted by Crippen LogP contribution is -2.58. The Balaban J connectivity index is 1.90. The maximum atomic E-state index is 13.3. The number of hydrogen-bond acceptors (Lipinski definition) is 4. The fourth-order valence-corrected chi connectivity index (χ4v) is 5.86. The van der Waals surface area contributed by atoms with Crippen molar-refractivity contribution in [3.8, 4) is 22.3 Å². The van der Waals surface area contributed by atoms with Crippen LogP contribution in [-0.4, -0.2) is 9.85 Å². The van der Waals surface area contributed by atoms with Crippen molar-refractivity contribution in [2.45, 2.75) is 11.1 Å². The van der Waals surface area contributed by atoms with Crippen LogP contribution in [0.1, 0.15) is 22.3 Å². The molecule has 0 aromatic heterocycles. The number of rotatable bonds is 3. The topological polar surface area (TPSA) is 86.3 Å². The number of hydrogen-bond donors (Lipinski definition) is 0. The molecule has 32 heavy (non-hydrogen) atoms. The Morgan fingerprint density at radius 1 is 0.438 bits per heavy atom. The summed E-state index contributed by atoms with van der Waals surface area (Å²) in [7, 11) is 0. The third-order valence-corrected chi connectivity index (χ3v) is 6.92. The van der Waals surface area contributed by atoms with Crippen molar-refractivity contribution in [1.82, 2.24) is 0 Å². The molecule has 0 atom stereocenters. The highest BCUT2D eigenvalue weighted by Crippen LogP contribution is 2.65. The molecule has 0 aliphatic heterocycles. The molecule has 4 aromatic carbocycles. The average molecular weight is 420 g/mol. The molecule has 0 fully saturated rings.